The lowest BCUT2D eigenvalue weighted by molar-refractivity contribution is 0.0656. The normalized spacial score (nSPS) is 17.4. The van der Waals surface area contributed by atoms with Crippen LogP contribution in [0.3, 0.4) is 0 Å². The SMILES string of the molecule is CCN(CC)CCCNC(=S)NNC(=O)c1cnn2c1N[C@H](c1ccccc1)C[C@H]2C(F)F. The van der Waals surface area contributed by atoms with Gasteiger partial charge in [-0.2, -0.15) is 5.10 Å². The van der Waals surface area contributed by atoms with Gasteiger partial charge in [-0.25, -0.2) is 13.5 Å². The molecule has 0 saturated heterocycles. The van der Waals surface area contributed by atoms with E-state index in [9.17, 15) is 13.6 Å². The Morgan fingerprint density at radius 1 is 1.27 bits per heavy atom. The second kappa shape index (κ2) is 11.9. The van der Waals surface area contributed by atoms with E-state index in [1.165, 1.54) is 10.9 Å². The van der Waals surface area contributed by atoms with Crippen LogP contribution in [0, 0.1) is 0 Å². The summed E-state index contributed by atoms with van der Waals surface area (Å²) in [6.45, 7) is 7.85. The van der Waals surface area contributed by atoms with Crippen LogP contribution < -0.4 is 21.5 Å². The summed E-state index contributed by atoms with van der Waals surface area (Å²) in [5.41, 5.74) is 6.22. The van der Waals surface area contributed by atoms with Crippen LogP contribution >= 0.6 is 12.2 Å². The molecule has 8 nitrogen and oxygen atoms in total. The van der Waals surface area contributed by atoms with Gasteiger partial charge in [-0.05, 0) is 50.3 Å². The van der Waals surface area contributed by atoms with Crippen LogP contribution in [-0.4, -0.2) is 58.3 Å². The minimum Gasteiger partial charge on any atom is -0.363 e. The molecule has 2 atom stereocenters. The second-order valence-corrected chi connectivity index (χ2v) is 8.22. The molecule has 3 rings (SSSR count). The quantitative estimate of drug-likeness (QED) is 0.250. The molecule has 0 unspecified atom stereocenters. The van der Waals surface area contributed by atoms with E-state index in [0.29, 0.717) is 6.54 Å². The number of nitrogens with zero attached hydrogens (tertiary/aromatic N) is 3. The zero-order valence-electron chi connectivity index (χ0n) is 18.9. The van der Waals surface area contributed by atoms with Crippen molar-refractivity contribution in [2.45, 2.75) is 45.2 Å². The van der Waals surface area contributed by atoms with Gasteiger partial charge in [0, 0.05) is 6.54 Å². The number of carbonyl (C=O) groups excluding carboxylic acids is 1. The maximum absolute atomic E-state index is 13.8. The Hall–Kier alpha value is -2.79. The monoisotopic (exact) mass is 479 g/mol. The molecule has 0 aliphatic carbocycles. The number of thiocarbonyl (C=S) groups is 1. The Kier molecular flexibility index (Phi) is 8.95. The maximum atomic E-state index is 13.8. The molecule has 0 saturated carbocycles. The van der Waals surface area contributed by atoms with Crippen molar-refractivity contribution in [3.8, 4) is 0 Å². The van der Waals surface area contributed by atoms with Crippen molar-refractivity contribution >= 4 is 29.1 Å². The predicted octanol–water partition coefficient (Wildman–Crippen LogP) is 3.09. The molecule has 1 aromatic heterocycles. The fourth-order valence-electron chi connectivity index (χ4n) is 3.87. The molecule has 2 heterocycles. The summed E-state index contributed by atoms with van der Waals surface area (Å²) in [6, 6.07) is 7.83. The molecule has 1 aliphatic rings. The molecule has 180 valence electrons. The molecule has 4 N–H and O–H groups in total. The maximum Gasteiger partial charge on any atom is 0.275 e. The Bertz CT molecular complexity index is 921. The number of hydrazine groups is 1. The first-order valence-corrected chi connectivity index (χ1v) is 11.6. The first-order chi connectivity index (χ1) is 15.9. The number of nitrogens with one attached hydrogen (secondary N) is 4. The van der Waals surface area contributed by atoms with Crippen LogP contribution in [0.1, 0.15) is 54.7 Å². The Balaban J connectivity index is 1.59. The van der Waals surface area contributed by atoms with Crippen LogP contribution in [0.25, 0.3) is 0 Å². The third kappa shape index (κ3) is 6.38. The third-order valence-corrected chi connectivity index (χ3v) is 6.00. The molecule has 1 amide bonds. The number of alkyl halides is 2. The first kappa shape index (κ1) is 24.8. The van der Waals surface area contributed by atoms with Gasteiger partial charge in [0.1, 0.15) is 17.4 Å². The number of benzene rings is 1. The van der Waals surface area contributed by atoms with E-state index in [2.05, 4.69) is 45.3 Å². The molecule has 1 aliphatic heterocycles. The van der Waals surface area contributed by atoms with E-state index in [1.807, 2.05) is 30.3 Å². The van der Waals surface area contributed by atoms with Crippen molar-refractivity contribution in [2.75, 3.05) is 31.5 Å². The average Bonchev–Trinajstić information content (AvgIpc) is 3.26. The van der Waals surface area contributed by atoms with Crippen LogP contribution in [0.4, 0.5) is 14.6 Å². The van der Waals surface area contributed by atoms with Gasteiger partial charge in [-0.1, -0.05) is 44.2 Å². The topological polar surface area (TPSA) is 86.2 Å². The highest BCUT2D eigenvalue weighted by Gasteiger charge is 2.36. The Morgan fingerprint density at radius 2 is 2.00 bits per heavy atom. The lowest BCUT2D eigenvalue weighted by atomic mass is 9.97. The highest BCUT2D eigenvalue weighted by Crippen LogP contribution is 2.39. The van der Waals surface area contributed by atoms with Crippen molar-refractivity contribution in [3.05, 3.63) is 47.7 Å². The van der Waals surface area contributed by atoms with Crippen LogP contribution in [0.5, 0.6) is 0 Å². The van der Waals surface area contributed by atoms with E-state index >= 15 is 0 Å². The lowest BCUT2D eigenvalue weighted by Gasteiger charge is -2.32. The minimum atomic E-state index is -2.61. The average molecular weight is 480 g/mol. The van der Waals surface area contributed by atoms with Crippen LogP contribution in [-0.2, 0) is 0 Å². The highest BCUT2D eigenvalue weighted by molar-refractivity contribution is 7.80. The van der Waals surface area contributed by atoms with Gasteiger partial charge < -0.3 is 15.5 Å². The fraction of sp³-hybridized carbons (Fsp3) is 0.500. The summed E-state index contributed by atoms with van der Waals surface area (Å²) in [5, 5.41) is 10.6. The zero-order chi connectivity index (χ0) is 23.8. The van der Waals surface area contributed by atoms with Gasteiger partial charge in [0.15, 0.2) is 5.11 Å². The molecule has 0 fully saturated rings. The fourth-order valence-corrected chi connectivity index (χ4v) is 4.03. The number of halogens is 2. The third-order valence-electron chi connectivity index (χ3n) is 5.76. The molecule has 0 spiro atoms. The number of hydrogen-bond acceptors (Lipinski definition) is 5. The molecule has 0 radical (unpaired) electrons. The smallest absolute Gasteiger partial charge is 0.275 e. The van der Waals surface area contributed by atoms with E-state index < -0.39 is 18.4 Å². The van der Waals surface area contributed by atoms with Crippen molar-refractivity contribution in [1.82, 2.24) is 30.8 Å². The molecular formula is C22H31F2N7OS. The molecule has 0 bridgehead atoms. The number of anilines is 1. The summed E-state index contributed by atoms with van der Waals surface area (Å²) in [5.74, 6) is -0.254. The molecule has 1 aromatic carbocycles. The second-order valence-electron chi connectivity index (χ2n) is 7.81. The molecular weight excluding hydrogens is 448 g/mol. The lowest BCUT2D eigenvalue weighted by Crippen LogP contribution is -2.47. The van der Waals surface area contributed by atoms with Crippen molar-refractivity contribution in [3.63, 3.8) is 0 Å². The van der Waals surface area contributed by atoms with E-state index in [-0.39, 0.29) is 29.0 Å². The number of rotatable bonds is 9. The van der Waals surface area contributed by atoms with Crippen molar-refractivity contribution in [2.24, 2.45) is 0 Å². The van der Waals surface area contributed by atoms with Gasteiger partial charge in [-0.15, -0.1) is 0 Å². The van der Waals surface area contributed by atoms with E-state index in [4.69, 9.17) is 12.2 Å². The first-order valence-electron chi connectivity index (χ1n) is 11.2. The summed E-state index contributed by atoms with van der Waals surface area (Å²) < 4.78 is 28.7. The van der Waals surface area contributed by atoms with Gasteiger partial charge in [0.2, 0.25) is 0 Å². The van der Waals surface area contributed by atoms with Crippen molar-refractivity contribution in [1.29, 1.82) is 0 Å². The van der Waals surface area contributed by atoms with E-state index in [0.717, 1.165) is 31.6 Å². The van der Waals surface area contributed by atoms with E-state index in [1.54, 1.807) is 0 Å². The van der Waals surface area contributed by atoms with Crippen LogP contribution in [0.15, 0.2) is 36.5 Å². The largest absolute Gasteiger partial charge is 0.363 e. The molecule has 11 heteroatoms. The minimum absolute atomic E-state index is 0.164. The van der Waals surface area contributed by atoms with Gasteiger partial charge in [0.25, 0.3) is 12.3 Å². The van der Waals surface area contributed by atoms with Gasteiger partial charge in [-0.3, -0.25) is 15.6 Å². The zero-order valence-corrected chi connectivity index (χ0v) is 19.7. The standard InChI is InChI=1S/C22H31F2N7OS/c1-3-30(4-2)12-8-11-25-22(33)29-28-21(32)16-14-26-31-18(19(23)24)13-17(27-20(16)31)15-9-6-5-7-10-15/h5-7,9-10,14,17-19,27H,3-4,8,11-13H2,1-2H3,(H,28,32)(H2,25,29,33)/t17-,18-/m0/s1. The summed E-state index contributed by atoms with van der Waals surface area (Å²) in [6.07, 6.45) is -0.243. The molecule has 2 aromatic rings. The van der Waals surface area contributed by atoms with Gasteiger partial charge in [0.05, 0.1) is 12.2 Å². The number of hydrogen-bond donors (Lipinski definition) is 4. The van der Waals surface area contributed by atoms with Crippen LogP contribution in [0.2, 0.25) is 0 Å². The summed E-state index contributed by atoms with van der Waals surface area (Å²) in [4.78, 5) is 15.1. The number of amides is 1. The van der Waals surface area contributed by atoms with Crippen molar-refractivity contribution < 1.29 is 13.6 Å². The number of fused-ring (bicyclic) bond motifs is 1. The molecule has 33 heavy (non-hydrogen) atoms. The number of carbonyl (C=O) groups is 1. The Labute approximate surface area is 198 Å². The predicted molar refractivity (Wildman–Crippen MR) is 128 cm³/mol. The summed E-state index contributed by atoms with van der Waals surface area (Å²) in [7, 11) is 0. The number of aromatic nitrogens is 2. The van der Waals surface area contributed by atoms with Gasteiger partial charge >= 0.3 is 0 Å². The highest BCUT2D eigenvalue weighted by atomic mass is 32.1. The summed E-state index contributed by atoms with van der Waals surface area (Å²) >= 11 is 5.21. The Morgan fingerprint density at radius 3 is 2.67 bits per heavy atom.